The van der Waals surface area contributed by atoms with Gasteiger partial charge in [-0.15, -0.1) is 0 Å². The summed E-state index contributed by atoms with van der Waals surface area (Å²) in [6, 6.07) is 4.18. The first-order chi connectivity index (χ1) is 11.8. The molecule has 3 rings (SSSR count). The number of carbonyl (C=O) groups is 1. The molecule has 25 heavy (non-hydrogen) atoms. The highest BCUT2D eigenvalue weighted by Crippen LogP contribution is 2.23. The lowest BCUT2D eigenvalue weighted by atomic mass is 10.2. The number of amides is 1. The molecule has 1 fully saturated rings. The van der Waals surface area contributed by atoms with Gasteiger partial charge in [0.15, 0.2) is 0 Å². The Balaban J connectivity index is 1.83. The average Bonchev–Trinajstić information content (AvgIpc) is 2.95. The summed E-state index contributed by atoms with van der Waals surface area (Å²) in [7, 11) is -2.06. The molecule has 1 unspecified atom stereocenters. The predicted molar refractivity (Wildman–Crippen MR) is 91.0 cm³/mol. The van der Waals surface area contributed by atoms with Gasteiger partial charge >= 0.3 is 5.69 Å². The molecule has 1 aliphatic heterocycles. The summed E-state index contributed by atoms with van der Waals surface area (Å²) >= 11 is 0. The van der Waals surface area contributed by atoms with Crippen LogP contribution in [0.1, 0.15) is 6.42 Å². The van der Waals surface area contributed by atoms with Crippen LogP contribution in [0.25, 0.3) is 5.69 Å². The third-order valence-electron chi connectivity index (χ3n) is 4.14. The zero-order valence-corrected chi connectivity index (χ0v) is 14.5. The quantitative estimate of drug-likeness (QED) is 0.733. The molecule has 0 radical (unpaired) electrons. The zero-order chi connectivity index (χ0) is 18.2. The molecule has 0 bridgehead atoms. The summed E-state index contributed by atoms with van der Waals surface area (Å²) in [6.45, 7) is 0.378. The van der Waals surface area contributed by atoms with Crippen LogP contribution in [0.3, 0.4) is 0 Å². The second kappa shape index (κ2) is 6.37. The van der Waals surface area contributed by atoms with Crippen LogP contribution in [-0.4, -0.2) is 59.1 Å². The molecule has 0 aliphatic carbocycles. The van der Waals surface area contributed by atoms with Crippen LogP contribution in [0.15, 0.2) is 41.6 Å². The van der Waals surface area contributed by atoms with Gasteiger partial charge in [-0.3, -0.25) is 14.3 Å². The Kier molecular flexibility index (Phi) is 4.39. The van der Waals surface area contributed by atoms with Gasteiger partial charge in [-0.2, -0.15) is 4.31 Å². The minimum atomic E-state index is -3.45. The largest absolute Gasteiger partial charge is 0.352 e. The third-order valence-corrected chi connectivity index (χ3v) is 5.44. The Morgan fingerprint density at radius 2 is 2.00 bits per heavy atom. The standard InChI is InChI=1S/C15H17N5O4S/c1-18(25(2,23)24)12-6-9-20(14(12)21)13-5-4-11(10-17-13)19-8-3-7-16-15(19)22/h3-5,7-8,10,12H,6,9H2,1-2H3. The number of hydrogen-bond donors (Lipinski definition) is 0. The van der Waals surface area contributed by atoms with E-state index in [4.69, 9.17) is 0 Å². The number of sulfonamides is 1. The molecule has 0 saturated carbocycles. The molecular weight excluding hydrogens is 346 g/mol. The normalized spacial score (nSPS) is 18.1. The number of nitrogens with zero attached hydrogens (tertiary/aromatic N) is 5. The molecule has 1 saturated heterocycles. The highest BCUT2D eigenvalue weighted by Gasteiger charge is 2.38. The van der Waals surface area contributed by atoms with Crippen LogP contribution in [0.4, 0.5) is 5.82 Å². The van der Waals surface area contributed by atoms with E-state index in [0.29, 0.717) is 24.5 Å². The lowest BCUT2D eigenvalue weighted by Crippen LogP contribution is -2.42. The van der Waals surface area contributed by atoms with Gasteiger partial charge in [-0.1, -0.05) is 0 Å². The van der Waals surface area contributed by atoms with Crippen LogP contribution in [-0.2, 0) is 14.8 Å². The summed E-state index contributed by atoms with van der Waals surface area (Å²) in [5.74, 6) is 0.0989. The maximum atomic E-state index is 12.5. The fourth-order valence-electron chi connectivity index (χ4n) is 2.70. The molecule has 132 valence electrons. The molecule has 0 aromatic carbocycles. The molecule has 0 N–H and O–H groups in total. The second-order valence-electron chi connectivity index (χ2n) is 5.72. The van der Waals surface area contributed by atoms with Gasteiger partial charge in [-0.25, -0.2) is 23.2 Å². The Morgan fingerprint density at radius 1 is 1.24 bits per heavy atom. The maximum Gasteiger partial charge on any atom is 0.352 e. The molecule has 9 nitrogen and oxygen atoms in total. The van der Waals surface area contributed by atoms with Crippen LogP contribution < -0.4 is 10.6 Å². The van der Waals surface area contributed by atoms with Crippen molar-refractivity contribution in [2.24, 2.45) is 0 Å². The molecule has 1 amide bonds. The fourth-order valence-corrected chi connectivity index (χ4v) is 3.35. The minimum Gasteiger partial charge on any atom is -0.295 e. The first-order valence-corrected chi connectivity index (χ1v) is 9.38. The van der Waals surface area contributed by atoms with Crippen LogP contribution in [0.5, 0.6) is 0 Å². The number of pyridine rings is 1. The third kappa shape index (κ3) is 3.30. The highest BCUT2D eigenvalue weighted by atomic mass is 32.2. The van der Waals surface area contributed by atoms with Crippen molar-refractivity contribution in [1.29, 1.82) is 0 Å². The summed E-state index contributed by atoms with van der Waals surface area (Å²) in [5, 5.41) is 0. The van der Waals surface area contributed by atoms with Crippen molar-refractivity contribution in [2.75, 3.05) is 24.7 Å². The van der Waals surface area contributed by atoms with Crippen molar-refractivity contribution >= 4 is 21.7 Å². The molecule has 2 aromatic heterocycles. The minimum absolute atomic E-state index is 0.313. The topological polar surface area (TPSA) is 105 Å². The van der Waals surface area contributed by atoms with Gasteiger partial charge in [0.1, 0.15) is 11.9 Å². The lowest BCUT2D eigenvalue weighted by molar-refractivity contribution is -0.120. The Morgan fingerprint density at radius 3 is 2.60 bits per heavy atom. The van der Waals surface area contributed by atoms with E-state index in [2.05, 4.69) is 9.97 Å². The van der Waals surface area contributed by atoms with E-state index in [1.165, 1.54) is 28.9 Å². The molecule has 1 atom stereocenters. The molecule has 0 spiro atoms. The molecule has 3 heterocycles. The van der Waals surface area contributed by atoms with E-state index in [0.717, 1.165) is 10.6 Å². The smallest absolute Gasteiger partial charge is 0.295 e. The van der Waals surface area contributed by atoms with Gasteiger partial charge in [0, 0.05) is 26.0 Å². The van der Waals surface area contributed by atoms with Crippen LogP contribution in [0.2, 0.25) is 0 Å². The van der Waals surface area contributed by atoms with Crippen molar-refractivity contribution in [3.8, 4) is 5.69 Å². The molecule has 2 aromatic rings. The number of rotatable bonds is 4. The van der Waals surface area contributed by atoms with E-state index in [-0.39, 0.29) is 5.91 Å². The molecular formula is C15H17N5O4S. The van der Waals surface area contributed by atoms with Crippen molar-refractivity contribution < 1.29 is 13.2 Å². The van der Waals surface area contributed by atoms with Gasteiger partial charge in [0.2, 0.25) is 15.9 Å². The Bertz CT molecular complexity index is 954. The van der Waals surface area contributed by atoms with Gasteiger partial charge in [0.05, 0.1) is 18.1 Å². The molecule has 1 aliphatic rings. The van der Waals surface area contributed by atoms with E-state index >= 15 is 0 Å². The van der Waals surface area contributed by atoms with Crippen molar-refractivity contribution in [3.63, 3.8) is 0 Å². The van der Waals surface area contributed by atoms with Crippen LogP contribution >= 0.6 is 0 Å². The van der Waals surface area contributed by atoms with Gasteiger partial charge in [0.25, 0.3) is 0 Å². The maximum absolute atomic E-state index is 12.5. The van der Waals surface area contributed by atoms with Gasteiger partial charge < -0.3 is 0 Å². The molecule has 10 heteroatoms. The first kappa shape index (κ1) is 17.2. The number of carbonyl (C=O) groups excluding carboxylic acids is 1. The zero-order valence-electron chi connectivity index (χ0n) is 13.7. The number of aromatic nitrogens is 3. The average molecular weight is 363 g/mol. The SMILES string of the molecule is CN(C1CCN(c2ccc(-n3cccnc3=O)cn2)C1=O)S(C)(=O)=O. The summed E-state index contributed by atoms with van der Waals surface area (Å²) < 4.78 is 25.7. The lowest BCUT2D eigenvalue weighted by Gasteiger charge is -2.21. The summed E-state index contributed by atoms with van der Waals surface area (Å²) in [5.41, 5.74) is 0.0995. The van der Waals surface area contributed by atoms with E-state index < -0.39 is 21.8 Å². The fraction of sp³-hybridized carbons (Fsp3) is 0.333. The van der Waals surface area contributed by atoms with E-state index in [1.807, 2.05) is 0 Å². The van der Waals surface area contributed by atoms with Crippen molar-refractivity contribution in [1.82, 2.24) is 18.8 Å². The van der Waals surface area contributed by atoms with Gasteiger partial charge in [-0.05, 0) is 24.6 Å². The summed E-state index contributed by atoms with van der Waals surface area (Å²) in [4.78, 5) is 33.6. The predicted octanol–water partition coefficient (Wildman–Crippen LogP) is -0.376. The second-order valence-corrected chi connectivity index (χ2v) is 7.76. The van der Waals surface area contributed by atoms with Crippen molar-refractivity contribution in [2.45, 2.75) is 12.5 Å². The summed E-state index contributed by atoms with van der Waals surface area (Å²) in [6.07, 6.45) is 5.92. The number of anilines is 1. The number of hydrogen-bond acceptors (Lipinski definition) is 6. The number of likely N-dealkylation sites (N-methyl/N-ethyl adjacent to an activating group) is 1. The Hall–Kier alpha value is -2.59. The Labute approximate surface area is 144 Å². The van der Waals surface area contributed by atoms with Crippen LogP contribution in [0, 0.1) is 0 Å². The first-order valence-electron chi connectivity index (χ1n) is 7.53. The highest BCUT2D eigenvalue weighted by molar-refractivity contribution is 7.88. The van der Waals surface area contributed by atoms with E-state index in [1.54, 1.807) is 24.4 Å². The van der Waals surface area contributed by atoms with E-state index in [9.17, 15) is 18.0 Å². The monoisotopic (exact) mass is 363 g/mol. The van der Waals surface area contributed by atoms with Crippen molar-refractivity contribution in [3.05, 3.63) is 47.3 Å².